The van der Waals surface area contributed by atoms with Gasteiger partial charge in [0, 0.05) is 18.6 Å². The van der Waals surface area contributed by atoms with Crippen LogP contribution in [0, 0.1) is 5.92 Å². The summed E-state index contributed by atoms with van der Waals surface area (Å²) >= 11 is 0. The SMILES string of the molecule is CCS(=O)(=O)N1CCCC(C(=O)NC2(C)CCCC2)C1. The standard InChI is InChI=1S/C14H26N2O3S/c1-3-20(18,19)16-10-6-7-12(11-16)13(17)15-14(2)8-4-5-9-14/h12H,3-11H2,1-2H3,(H,15,17). The highest BCUT2D eigenvalue weighted by Gasteiger charge is 2.35. The molecule has 2 rings (SSSR count). The third kappa shape index (κ3) is 3.52. The summed E-state index contributed by atoms with van der Waals surface area (Å²) < 4.78 is 25.3. The quantitative estimate of drug-likeness (QED) is 0.856. The van der Waals surface area contributed by atoms with E-state index in [4.69, 9.17) is 0 Å². The summed E-state index contributed by atoms with van der Waals surface area (Å²) in [7, 11) is -3.18. The lowest BCUT2D eigenvalue weighted by atomic mass is 9.95. The van der Waals surface area contributed by atoms with Crippen LogP contribution in [-0.2, 0) is 14.8 Å². The molecule has 0 aromatic carbocycles. The average Bonchev–Trinajstić information content (AvgIpc) is 2.85. The molecule has 2 fully saturated rings. The third-order valence-corrected chi connectivity index (χ3v) is 6.49. The number of hydrogen-bond acceptors (Lipinski definition) is 3. The molecule has 1 atom stereocenters. The first-order valence-corrected chi connectivity index (χ1v) is 9.27. The van der Waals surface area contributed by atoms with Crippen molar-refractivity contribution in [1.29, 1.82) is 0 Å². The van der Waals surface area contributed by atoms with Crippen LogP contribution in [-0.4, -0.2) is 43.0 Å². The molecule has 1 heterocycles. The second-order valence-corrected chi connectivity index (χ2v) is 8.61. The van der Waals surface area contributed by atoms with Crippen LogP contribution >= 0.6 is 0 Å². The summed E-state index contributed by atoms with van der Waals surface area (Å²) in [6.45, 7) is 4.65. The van der Waals surface area contributed by atoms with Crippen molar-refractivity contribution in [2.75, 3.05) is 18.8 Å². The molecule has 1 aliphatic heterocycles. The smallest absolute Gasteiger partial charge is 0.224 e. The molecule has 0 aromatic heterocycles. The molecular weight excluding hydrogens is 276 g/mol. The molecule has 5 nitrogen and oxygen atoms in total. The van der Waals surface area contributed by atoms with Crippen LogP contribution in [0.1, 0.15) is 52.4 Å². The van der Waals surface area contributed by atoms with Crippen molar-refractivity contribution in [1.82, 2.24) is 9.62 Å². The van der Waals surface area contributed by atoms with Crippen LogP contribution in [0.3, 0.4) is 0 Å². The number of rotatable bonds is 4. The number of carbonyl (C=O) groups excluding carboxylic acids is 1. The van der Waals surface area contributed by atoms with Crippen molar-refractivity contribution < 1.29 is 13.2 Å². The maximum absolute atomic E-state index is 12.4. The van der Waals surface area contributed by atoms with E-state index in [1.165, 1.54) is 4.31 Å². The summed E-state index contributed by atoms with van der Waals surface area (Å²) in [6.07, 6.45) is 5.95. The van der Waals surface area contributed by atoms with Gasteiger partial charge in [-0.05, 0) is 39.5 Å². The molecule has 1 aliphatic carbocycles. The van der Waals surface area contributed by atoms with Crippen LogP contribution in [0.15, 0.2) is 0 Å². The van der Waals surface area contributed by atoms with E-state index in [1.807, 2.05) is 0 Å². The van der Waals surface area contributed by atoms with Crippen LogP contribution in [0.4, 0.5) is 0 Å². The van der Waals surface area contributed by atoms with E-state index in [2.05, 4.69) is 12.2 Å². The minimum atomic E-state index is -3.18. The number of piperidine rings is 1. The molecule has 1 saturated carbocycles. The van der Waals surface area contributed by atoms with Gasteiger partial charge in [-0.15, -0.1) is 0 Å². The predicted octanol–water partition coefficient (Wildman–Crippen LogP) is 1.50. The molecule has 0 radical (unpaired) electrons. The Morgan fingerprint density at radius 1 is 1.30 bits per heavy atom. The number of hydrogen-bond donors (Lipinski definition) is 1. The third-order valence-electron chi connectivity index (χ3n) is 4.65. The summed E-state index contributed by atoms with van der Waals surface area (Å²) in [5.41, 5.74) is -0.0804. The molecule has 1 N–H and O–H groups in total. The Balaban J connectivity index is 1.96. The molecule has 20 heavy (non-hydrogen) atoms. The highest BCUT2D eigenvalue weighted by atomic mass is 32.2. The molecule has 1 saturated heterocycles. The van der Waals surface area contributed by atoms with Gasteiger partial charge in [0.2, 0.25) is 15.9 Å². The largest absolute Gasteiger partial charge is 0.351 e. The lowest BCUT2D eigenvalue weighted by Gasteiger charge is -2.33. The van der Waals surface area contributed by atoms with Gasteiger partial charge in [-0.2, -0.15) is 0 Å². The van der Waals surface area contributed by atoms with Gasteiger partial charge in [0.1, 0.15) is 0 Å². The summed E-state index contributed by atoms with van der Waals surface area (Å²) in [5, 5.41) is 3.15. The van der Waals surface area contributed by atoms with Gasteiger partial charge < -0.3 is 5.32 Å². The van der Waals surface area contributed by atoms with Crippen molar-refractivity contribution >= 4 is 15.9 Å². The van der Waals surface area contributed by atoms with E-state index in [9.17, 15) is 13.2 Å². The number of sulfonamides is 1. The van der Waals surface area contributed by atoms with Crippen molar-refractivity contribution in [2.24, 2.45) is 5.92 Å². The molecule has 2 aliphatic rings. The lowest BCUT2D eigenvalue weighted by Crippen LogP contribution is -2.51. The Morgan fingerprint density at radius 3 is 2.55 bits per heavy atom. The van der Waals surface area contributed by atoms with Gasteiger partial charge in [0.05, 0.1) is 11.7 Å². The van der Waals surface area contributed by atoms with Crippen molar-refractivity contribution in [3.8, 4) is 0 Å². The van der Waals surface area contributed by atoms with E-state index in [0.29, 0.717) is 13.1 Å². The number of amides is 1. The van der Waals surface area contributed by atoms with Crippen LogP contribution < -0.4 is 5.32 Å². The second-order valence-electron chi connectivity index (χ2n) is 6.35. The Labute approximate surface area is 122 Å². The molecule has 6 heteroatoms. The van der Waals surface area contributed by atoms with E-state index in [-0.39, 0.29) is 23.1 Å². The van der Waals surface area contributed by atoms with Gasteiger partial charge in [0.15, 0.2) is 0 Å². The zero-order valence-electron chi connectivity index (χ0n) is 12.5. The monoisotopic (exact) mass is 302 g/mol. The highest BCUT2D eigenvalue weighted by molar-refractivity contribution is 7.89. The molecule has 1 unspecified atom stereocenters. The number of carbonyl (C=O) groups is 1. The molecule has 116 valence electrons. The van der Waals surface area contributed by atoms with Crippen LogP contribution in [0.25, 0.3) is 0 Å². The van der Waals surface area contributed by atoms with Crippen molar-refractivity contribution in [2.45, 2.75) is 57.9 Å². The fourth-order valence-electron chi connectivity index (χ4n) is 3.27. The molecular formula is C14H26N2O3S. The minimum absolute atomic E-state index is 0.0328. The van der Waals surface area contributed by atoms with Gasteiger partial charge in [0.25, 0.3) is 0 Å². The summed E-state index contributed by atoms with van der Waals surface area (Å²) in [5.74, 6) is -0.0492. The van der Waals surface area contributed by atoms with Crippen molar-refractivity contribution in [3.05, 3.63) is 0 Å². The summed E-state index contributed by atoms with van der Waals surface area (Å²) in [6, 6.07) is 0. The normalized spacial score (nSPS) is 27.4. The Kier molecular flexibility index (Phi) is 4.74. The summed E-state index contributed by atoms with van der Waals surface area (Å²) in [4.78, 5) is 12.4. The molecule has 0 aromatic rings. The van der Waals surface area contributed by atoms with E-state index in [1.54, 1.807) is 6.92 Å². The zero-order valence-corrected chi connectivity index (χ0v) is 13.3. The lowest BCUT2D eigenvalue weighted by molar-refractivity contribution is -0.127. The van der Waals surface area contributed by atoms with E-state index >= 15 is 0 Å². The Hall–Kier alpha value is -0.620. The minimum Gasteiger partial charge on any atom is -0.351 e. The maximum atomic E-state index is 12.4. The average molecular weight is 302 g/mol. The first kappa shape index (κ1) is 15.8. The molecule has 1 amide bonds. The number of nitrogens with zero attached hydrogens (tertiary/aromatic N) is 1. The van der Waals surface area contributed by atoms with Gasteiger partial charge in [-0.1, -0.05) is 12.8 Å². The van der Waals surface area contributed by atoms with Crippen LogP contribution in [0.2, 0.25) is 0 Å². The highest BCUT2D eigenvalue weighted by Crippen LogP contribution is 2.30. The van der Waals surface area contributed by atoms with E-state index in [0.717, 1.165) is 38.5 Å². The fraction of sp³-hybridized carbons (Fsp3) is 0.929. The topological polar surface area (TPSA) is 66.5 Å². The second kappa shape index (κ2) is 6.02. The van der Waals surface area contributed by atoms with E-state index < -0.39 is 10.0 Å². The first-order chi connectivity index (χ1) is 9.36. The Bertz CT molecular complexity index is 455. The zero-order chi connectivity index (χ0) is 14.8. The Morgan fingerprint density at radius 2 is 1.95 bits per heavy atom. The fourth-order valence-corrected chi connectivity index (χ4v) is 4.45. The predicted molar refractivity (Wildman–Crippen MR) is 78.8 cm³/mol. The maximum Gasteiger partial charge on any atom is 0.224 e. The number of nitrogens with one attached hydrogen (secondary N) is 1. The van der Waals surface area contributed by atoms with Gasteiger partial charge in [-0.3, -0.25) is 4.79 Å². The van der Waals surface area contributed by atoms with Gasteiger partial charge >= 0.3 is 0 Å². The molecule has 0 spiro atoms. The van der Waals surface area contributed by atoms with Gasteiger partial charge in [-0.25, -0.2) is 12.7 Å². The van der Waals surface area contributed by atoms with Crippen molar-refractivity contribution in [3.63, 3.8) is 0 Å². The molecule has 0 bridgehead atoms. The van der Waals surface area contributed by atoms with Crippen LogP contribution in [0.5, 0.6) is 0 Å². The first-order valence-electron chi connectivity index (χ1n) is 7.66.